The number of aliphatic hydroxyl groups is 1. The van der Waals surface area contributed by atoms with Crippen LogP contribution in [0.2, 0.25) is 0 Å². The van der Waals surface area contributed by atoms with E-state index in [1.54, 1.807) is 6.08 Å². The van der Waals surface area contributed by atoms with Crippen LogP contribution in [0, 0.1) is 5.92 Å². The highest BCUT2D eigenvalue weighted by atomic mass is 35.5. The topological polar surface area (TPSA) is 58.9 Å². The number of nitrogens with zero attached hydrogens (tertiary/aromatic N) is 1. The van der Waals surface area contributed by atoms with Crippen molar-refractivity contribution in [3.05, 3.63) is 22.9 Å². The highest BCUT2D eigenvalue weighted by Crippen LogP contribution is 2.32. The van der Waals surface area contributed by atoms with Crippen molar-refractivity contribution in [1.29, 1.82) is 0 Å². The lowest BCUT2D eigenvalue weighted by atomic mass is 9.82. The van der Waals surface area contributed by atoms with Gasteiger partial charge in [-0.25, -0.2) is 0 Å². The maximum Gasteiger partial charge on any atom is 0.168 e. The lowest BCUT2D eigenvalue weighted by molar-refractivity contribution is -0.116. The molecule has 1 rings (SSSR count). The second-order valence-corrected chi connectivity index (χ2v) is 7.54. The number of thioether (sulfide) groups is 1. The van der Waals surface area contributed by atoms with Crippen molar-refractivity contribution in [2.45, 2.75) is 51.7 Å². The van der Waals surface area contributed by atoms with Crippen LogP contribution in [0.3, 0.4) is 0 Å². The van der Waals surface area contributed by atoms with Crippen molar-refractivity contribution in [1.82, 2.24) is 0 Å². The van der Waals surface area contributed by atoms with E-state index >= 15 is 0 Å². The summed E-state index contributed by atoms with van der Waals surface area (Å²) >= 11 is 7.30. The molecule has 0 bridgehead atoms. The largest absolute Gasteiger partial charge is 0.511 e. The van der Waals surface area contributed by atoms with Gasteiger partial charge in [-0.2, -0.15) is 11.8 Å². The Labute approximate surface area is 148 Å². The van der Waals surface area contributed by atoms with Gasteiger partial charge in [0.05, 0.1) is 11.3 Å². The van der Waals surface area contributed by atoms with Crippen molar-refractivity contribution >= 4 is 34.9 Å². The minimum Gasteiger partial charge on any atom is -0.511 e. The van der Waals surface area contributed by atoms with Crippen LogP contribution < -0.4 is 0 Å². The summed E-state index contributed by atoms with van der Waals surface area (Å²) in [6.07, 6.45) is 4.09. The Morgan fingerprint density at radius 1 is 1.52 bits per heavy atom. The van der Waals surface area contributed by atoms with Gasteiger partial charge in [-0.15, -0.1) is 0 Å². The Morgan fingerprint density at radius 2 is 2.26 bits per heavy atom. The quantitative estimate of drug-likeness (QED) is 0.363. The molecule has 0 amide bonds. The van der Waals surface area contributed by atoms with E-state index in [0.717, 1.165) is 12.2 Å². The average molecular weight is 360 g/mol. The van der Waals surface area contributed by atoms with Gasteiger partial charge in [0, 0.05) is 23.6 Å². The van der Waals surface area contributed by atoms with E-state index in [1.165, 1.54) is 5.54 Å². The Bertz CT molecular complexity index is 488. The molecule has 0 heterocycles. The van der Waals surface area contributed by atoms with Gasteiger partial charge >= 0.3 is 0 Å². The van der Waals surface area contributed by atoms with Crippen LogP contribution in [0.4, 0.5) is 0 Å². The van der Waals surface area contributed by atoms with Gasteiger partial charge in [0.15, 0.2) is 5.78 Å². The molecule has 0 aromatic rings. The summed E-state index contributed by atoms with van der Waals surface area (Å²) in [7, 11) is 0. The van der Waals surface area contributed by atoms with E-state index in [1.807, 2.05) is 18.7 Å². The Kier molecular flexibility index (Phi) is 9.41. The molecule has 1 aliphatic rings. The van der Waals surface area contributed by atoms with E-state index in [4.69, 9.17) is 16.4 Å². The minimum atomic E-state index is -0.0375. The third-order valence-corrected chi connectivity index (χ3v) is 4.97. The molecule has 0 aromatic carbocycles. The lowest BCUT2D eigenvalue weighted by Gasteiger charge is -2.25. The molecule has 0 aromatic heterocycles. The summed E-state index contributed by atoms with van der Waals surface area (Å²) < 4.78 is 0. The van der Waals surface area contributed by atoms with Crippen molar-refractivity contribution in [2.75, 3.05) is 12.4 Å². The van der Waals surface area contributed by atoms with Gasteiger partial charge < -0.3 is 9.94 Å². The summed E-state index contributed by atoms with van der Waals surface area (Å²) in [4.78, 5) is 17.6. The summed E-state index contributed by atoms with van der Waals surface area (Å²) in [6.45, 7) is 6.43. The lowest BCUT2D eigenvalue weighted by Crippen LogP contribution is -2.26. The van der Waals surface area contributed by atoms with Crippen molar-refractivity contribution in [2.24, 2.45) is 11.1 Å². The molecule has 6 heteroatoms. The molecular formula is C17H26ClNO3S. The molecule has 0 saturated carbocycles. The van der Waals surface area contributed by atoms with E-state index in [0.29, 0.717) is 35.8 Å². The monoisotopic (exact) mass is 359 g/mol. The predicted molar refractivity (Wildman–Crippen MR) is 98.3 cm³/mol. The van der Waals surface area contributed by atoms with Crippen LogP contribution >= 0.6 is 23.4 Å². The molecule has 0 saturated heterocycles. The molecule has 0 spiro atoms. The number of Topliss-reactive ketones (excluding diaryl/α,β-unsaturated/α-hetero) is 1. The number of hydrogen-bond donors (Lipinski definition) is 1. The van der Waals surface area contributed by atoms with E-state index < -0.39 is 0 Å². The average Bonchev–Trinajstić information content (AvgIpc) is 2.49. The van der Waals surface area contributed by atoms with Gasteiger partial charge in [0.1, 0.15) is 12.4 Å². The number of aliphatic hydroxyl groups excluding tert-OH is 1. The first-order chi connectivity index (χ1) is 11.0. The molecule has 2 atom stereocenters. The molecule has 0 fully saturated rings. The Hall–Kier alpha value is -0.940. The van der Waals surface area contributed by atoms with Crippen molar-refractivity contribution < 1.29 is 14.7 Å². The molecule has 0 unspecified atom stereocenters. The summed E-state index contributed by atoms with van der Waals surface area (Å²) in [5.41, 5.74) is 2.20. The summed E-state index contributed by atoms with van der Waals surface area (Å²) in [5.74, 6) is 1.38. The maximum absolute atomic E-state index is 12.4. The van der Waals surface area contributed by atoms with Crippen LogP contribution in [-0.2, 0) is 9.63 Å². The van der Waals surface area contributed by atoms with Crippen LogP contribution in [0.1, 0.15) is 46.5 Å². The number of ketones is 1. The van der Waals surface area contributed by atoms with E-state index in [-0.39, 0.29) is 24.1 Å². The Balaban J connectivity index is 2.79. The first-order valence-electron chi connectivity index (χ1n) is 8.04. The van der Waals surface area contributed by atoms with Crippen molar-refractivity contribution in [3.63, 3.8) is 0 Å². The van der Waals surface area contributed by atoms with Gasteiger partial charge in [0.25, 0.3) is 0 Å². The first kappa shape index (κ1) is 20.1. The highest BCUT2D eigenvalue weighted by molar-refractivity contribution is 7.99. The minimum absolute atomic E-state index is 0.0375. The zero-order valence-electron chi connectivity index (χ0n) is 14.0. The number of allylic oxidation sites excluding steroid dienone is 2. The SMILES string of the molecule is CCS[C@H](C)C[C@H]1CC(=O)C(C(CC)=NOC/C=C\Cl)=C(O)C1. The third-order valence-electron chi connectivity index (χ3n) is 3.70. The molecule has 0 radical (unpaired) electrons. The Morgan fingerprint density at radius 3 is 2.83 bits per heavy atom. The fraction of sp³-hybridized carbons (Fsp3) is 0.647. The van der Waals surface area contributed by atoms with Gasteiger partial charge in [-0.05, 0) is 30.6 Å². The van der Waals surface area contributed by atoms with Gasteiger partial charge in [0.2, 0.25) is 0 Å². The molecule has 4 nitrogen and oxygen atoms in total. The number of carbonyl (C=O) groups excluding carboxylic acids is 1. The molecule has 23 heavy (non-hydrogen) atoms. The second kappa shape index (κ2) is 10.8. The maximum atomic E-state index is 12.4. The standard InChI is InChI=1S/C17H26ClNO3S/c1-4-14(19-22-8-6-7-18)17-15(20)10-13(11-16(17)21)9-12(3)23-5-2/h6-7,12-13,20H,4-5,8-11H2,1-3H3/b7-6-,19-14?/t12-,13-/m1/s1. The molecule has 1 N–H and O–H groups in total. The smallest absolute Gasteiger partial charge is 0.168 e. The highest BCUT2D eigenvalue weighted by Gasteiger charge is 2.31. The zero-order valence-corrected chi connectivity index (χ0v) is 15.6. The van der Waals surface area contributed by atoms with Crippen LogP contribution in [0.5, 0.6) is 0 Å². The third kappa shape index (κ3) is 6.60. The van der Waals surface area contributed by atoms with E-state index in [9.17, 15) is 9.90 Å². The normalized spacial score (nSPS) is 21.1. The fourth-order valence-electron chi connectivity index (χ4n) is 2.77. The zero-order chi connectivity index (χ0) is 17.2. The molecule has 0 aliphatic heterocycles. The number of halogens is 1. The van der Waals surface area contributed by atoms with E-state index in [2.05, 4.69) is 19.0 Å². The molecule has 130 valence electrons. The predicted octanol–water partition coefficient (Wildman–Crippen LogP) is 4.84. The summed E-state index contributed by atoms with van der Waals surface area (Å²) in [5, 5.41) is 14.8. The van der Waals surface area contributed by atoms with Gasteiger partial charge in [-0.3, -0.25) is 4.79 Å². The number of oxime groups is 1. The van der Waals surface area contributed by atoms with Gasteiger partial charge in [-0.1, -0.05) is 37.5 Å². The van der Waals surface area contributed by atoms with Crippen molar-refractivity contribution in [3.8, 4) is 0 Å². The second-order valence-electron chi connectivity index (χ2n) is 5.57. The molecule has 1 aliphatic carbocycles. The fourth-order valence-corrected chi connectivity index (χ4v) is 3.82. The first-order valence-corrected chi connectivity index (χ1v) is 9.53. The van der Waals surface area contributed by atoms with Crippen LogP contribution in [-0.4, -0.2) is 34.2 Å². The number of hydrogen-bond acceptors (Lipinski definition) is 5. The molecular weight excluding hydrogens is 334 g/mol. The number of carbonyl (C=O) groups is 1. The van der Waals surface area contributed by atoms with Crippen LogP contribution in [0.15, 0.2) is 28.1 Å². The number of rotatable bonds is 9. The summed E-state index contributed by atoms with van der Waals surface area (Å²) in [6, 6.07) is 0. The van der Waals surface area contributed by atoms with Crippen LogP contribution in [0.25, 0.3) is 0 Å².